The molecule has 0 saturated carbocycles. The Kier molecular flexibility index (Phi) is 3.73. The Hall–Kier alpha value is -0.900. The third-order valence-corrected chi connectivity index (χ3v) is 1.73. The number of rotatable bonds is 5. The van der Waals surface area contributed by atoms with Crippen molar-refractivity contribution in [2.75, 3.05) is 13.6 Å². The summed E-state index contributed by atoms with van der Waals surface area (Å²) < 4.78 is 0. The van der Waals surface area contributed by atoms with E-state index in [4.69, 9.17) is 0 Å². The van der Waals surface area contributed by atoms with E-state index in [1.54, 1.807) is 0 Å². The van der Waals surface area contributed by atoms with E-state index in [-0.39, 0.29) is 0 Å². The predicted molar refractivity (Wildman–Crippen MR) is 48.0 cm³/mol. The number of H-pyrrole nitrogens is 1. The molecular formula is C8H16N4. The highest BCUT2D eigenvalue weighted by atomic mass is 15.2. The quantitative estimate of drug-likeness (QED) is 0.630. The Morgan fingerprint density at radius 1 is 1.50 bits per heavy atom. The van der Waals surface area contributed by atoms with Crippen molar-refractivity contribution in [3.05, 3.63) is 11.6 Å². The minimum absolute atomic E-state index is 0.905. The first-order valence-electron chi connectivity index (χ1n) is 4.41. The summed E-state index contributed by atoms with van der Waals surface area (Å²) in [5.41, 5.74) is 0. The van der Waals surface area contributed by atoms with Crippen LogP contribution in [0.4, 0.5) is 0 Å². The van der Waals surface area contributed by atoms with Crippen molar-refractivity contribution in [3.8, 4) is 0 Å². The molecule has 68 valence electrons. The van der Waals surface area contributed by atoms with Gasteiger partial charge in [0.2, 0.25) is 0 Å². The molecule has 1 heterocycles. The number of aryl methyl sites for hydroxylation is 2. The molecule has 0 amide bonds. The van der Waals surface area contributed by atoms with Gasteiger partial charge in [0.15, 0.2) is 0 Å². The summed E-state index contributed by atoms with van der Waals surface area (Å²) in [6.45, 7) is 3.09. The smallest absolute Gasteiger partial charge is 0.150 e. The number of hydrogen-bond acceptors (Lipinski definition) is 3. The van der Waals surface area contributed by atoms with Crippen LogP contribution in [0.5, 0.6) is 0 Å². The molecule has 0 saturated heterocycles. The predicted octanol–water partition coefficient (Wildman–Crippen LogP) is 0.519. The zero-order valence-corrected chi connectivity index (χ0v) is 7.72. The Morgan fingerprint density at radius 3 is 2.92 bits per heavy atom. The monoisotopic (exact) mass is 168 g/mol. The van der Waals surface area contributed by atoms with Crippen molar-refractivity contribution in [1.82, 2.24) is 20.5 Å². The number of aromatic amines is 1. The summed E-state index contributed by atoms with van der Waals surface area (Å²) in [5, 5.41) is 10.1. The maximum atomic E-state index is 4.31. The second-order valence-corrected chi connectivity index (χ2v) is 2.76. The van der Waals surface area contributed by atoms with E-state index in [0.29, 0.717) is 0 Å². The molecule has 0 aliphatic rings. The van der Waals surface area contributed by atoms with Crippen molar-refractivity contribution in [3.63, 3.8) is 0 Å². The first-order valence-corrected chi connectivity index (χ1v) is 4.41. The highest BCUT2D eigenvalue weighted by Crippen LogP contribution is 1.96. The highest BCUT2D eigenvalue weighted by molar-refractivity contribution is 4.89. The van der Waals surface area contributed by atoms with Gasteiger partial charge >= 0.3 is 0 Å². The fraction of sp³-hybridized carbons (Fsp3) is 0.750. The van der Waals surface area contributed by atoms with Crippen LogP contribution in [0.2, 0.25) is 0 Å². The molecule has 0 aliphatic heterocycles. The van der Waals surface area contributed by atoms with Crippen molar-refractivity contribution in [2.24, 2.45) is 0 Å². The Labute approximate surface area is 72.8 Å². The lowest BCUT2D eigenvalue weighted by molar-refractivity contribution is 0.704. The van der Waals surface area contributed by atoms with E-state index >= 15 is 0 Å². The van der Waals surface area contributed by atoms with Crippen LogP contribution in [0.1, 0.15) is 25.0 Å². The van der Waals surface area contributed by atoms with Crippen LogP contribution in [0.25, 0.3) is 0 Å². The maximum absolute atomic E-state index is 4.31. The summed E-state index contributed by atoms with van der Waals surface area (Å²) >= 11 is 0. The lowest BCUT2D eigenvalue weighted by Crippen LogP contribution is -2.08. The topological polar surface area (TPSA) is 53.6 Å². The maximum Gasteiger partial charge on any atom is 0.150 e. The van der Waals surface area contributed by atoms with Crippen LogP contribution >= 0.6 is 0 Å². The average molecular weight is 168 g/mol. The summed E-state index contributed by atoms with van der Waals surface area (Å²) in [5.74, 6) is 1.91. The van der Waals surface area contributed by atoms with Gasteiger partial charge in [-0.15, -0.1) is 0 Å². The van der Waals surface area contributed by atoms with Gasteiger partial charge in [0.1, 0.15) is 11.6 Å². The summed E-state index contributed by atoms with van der Waals surface area (Å²) in [7, 11) is 1.96. The molecule has 0 spiro atoms. The Morgan fingerprint density at radius 2 is 2.33 bits per heavy atom. The van der Waals surface area contributed by atoms with Crippen LogP contribution in [0.15, 0.2) is 0 Å². The van der Waals surface area contributed by atoms with E-state index in [2.05, 4.69) is 27.4 Å². The van der Waals surface area contributed by atoms with Crippen molar-refractivity contribution < 1.29 is 0 Å². The number of hydrogen-bond donors (Lipinski definition) is 2. The van der Waals surface area contributed by atoms with E-state index in [0.717, 1.165) is 37.5 Å². The average Bonchev–Trinajstić information content (AvgIpc) is 2.53. The van der Waals surface area contributed by atoms with Gasteiger partial charge in [0.25, 0.3) is 0 Å². The highest BCUT2D eigenvalue weighted by Gasteiger charge is 1.99. The molecule has 4 nitrogen and oxygen atoms in total. The second kappa shape index (κ2) is 4.87. The van der Waals surface area contributed by atoms with Crippen LogP contribution in [-0.4, -0.2) is 28.8 Å². The van der Waals surface area contributed by atoms with Crippen molar-refractivity contribution in [2.45, 2.75) is 26.2 Å². The van der Waals surface area contributed by atoms with Gasteiger partial charge in [-0.2, -0.15) is 5.10 Å². The molecule has 4 heteroatoms. The number of aromatic nitrogens is 3. The standard InChI is InChI=1S/C8H16N4/c1-3-7-10-8(12-11-7)5-4-6-9-2/h9H,3-6H2,1-2H3,(H,10,11,12). The first kappa shape index (κ1) is 9.19. The molecule has 0 bridgehead atoms. The van der Waals surface area contributed by atoms with Gasteiger partial charge < -0.3 is 5.32 Å². The normalized spacial score (nSPS) is 10.5. The zero-order chi connectivity index (χ0) is 8.81. The van der Waals surface area contributed by atoms with Gasteiger partial charge in [-0.1, -0.05) is 6.92 Å². The fourth-order valence-electron chi connectivity index (χ4n) is 1.04. The van der Waals surface area contributed by atoms with Crippen molar-refractivity contribution in [1.29, 1.82) is 0 Å². The first-order chi connectivity index (χ1) is 5.86. The molecule has 2 N–H and O–H groups in total. The van der Waals surface area contributed by atoms with E-state index in [1.807, 2.05) is 7.05 Å². The molecular weight excluding hydrogens is 152 g/mol. The van der Waals surface area contributed by atoms with E-state index < -0.39 is 0 Å². The molecule has 0 radical (unpaired) electrons. The molecule has 1 rings (SSSR count). The summed E-state index contributed by atoms with van der Waals surface area (Å²) in [6.07, 6.45) is 2.99. The molecule has 0 aliphatic carbocycles. The molecule has 0 fully saturated rings. The largest absolute Gasteiger partial charge is 0.320 e. The van der Waals surface area contributed by atoms with Gasteiger partial charge in [-0.3, -0.25) is 5.10 Å². The van der Waals surface area contributed by atoms with E-state index in [9.17, 15) is 0 Å². The molecule has 12 heavy (non-hydrogen) atoms. The molecule has 1 aromatic rings. The second-order valence-electron chi connectivity index (χ2n) is 2.76. The molecule has 0 aromatic carbocycles. The molecule has 0 unspecified atom stereocenters. The van der Waals surface area contributed by atoms with E-state index in [1.165, 1.54) is 0 Å². The van der Waals surface area contributed by atoms with Crippen LogP contribution in [0.3, 0.4) is 0 Å². The summed E-state index contributed by atoms with van der Waals surface area (Å²) in [4.78, 5) is 4.31. The minimum atomic E-state index is 0.905. The van der Waals surface area contributed by atoms with Crippen molar-refractivity contribution >= 4 is 0 Å². The minimum Gasteiger partial charge on any atom is -0.320 e. The summed E-state index contributed by atoms with van der Waals surface area (Å²) in [6, 6.07) is 0. The fourth-order valence-corrected chi connectivity index (χ4v) is 1.04. The SMILES string of the molecule is CCc1n[nH]c(CCCNC)n1. The van der Waals surface area contributed by atoms with Gasteiger partial charge in [-0.25, -0.2) is 4.98 Å². The molecule has 1 aromatic heterocycles. The molecule has 0 atom stereocenters. The van der Waals surface area contributed by atoms with Gasteiger partial charge in [0, 0.05) is 12.8 Å². The Bertz CT molecular complexity index is 219. The third-order valence-electron chi connectivity index (χ3n) is 1.73. The zero-order valence-electron chi connectivity index (χ0n) is 7.72. The third kappa shape index (κ3) is 2.62. The number of nitrogens with zero attached hydrogens (tertiary/aromatic N) is 2. The lowest BCUT2D eigenvalue weighted by Gasteiger charge is -1.94. The Balaban J connectivity index is 2.31. The van der Waals surface area contributed by atoms with Crippen LogP contribution in [-0.2, 0) is 12.8 Å². The van der Waals surface area contributed by atoms with Crippen LogP contribution < -0.4 is 5.32 Å². The lowest BCUT2D eigenvalue weighted by atomic mass is 10.3. The van der Waals surface area contributed by atoms with Gasteiger partial charge in [-0.05, 0) is 20.0 Å². The van der Waals surface area contributed by atoms with Crippen LogP contribution in [0, 0.1) is 0 Å². The number of nitrogens with one attached hydrogen (secondary N) is 2. The van der Waals surface area contributed by atoms with Gasteiger partial charge in [0.05, 0.1) is 0 Å².